The molecule has 2 aromatic carbocycles. The molecule has 0 atom stereocenters. The second-order valence-electron chi connectivity index (χ2n) is 5.30. The van der Waals surface area contributed by atoms with E-state index in [9.17, 15) is 14.7 Å². The second kappa shape index (κ2) is 9.00. The van der Waals surface area contributed by atoms with E-state index < -0.39 is 11.8 Å². The van der Waals surface area contributed by atoms with E-state index in [2.05, 4.69) is 31.8 Å². The van der Waals surface area contributed by atoms with Gasteiger partial charge in [0.05, 0.1) is 17.3 Å². The lowest BCUT2D eigenvalue weighted by Gasteiger charge is -2.08. The Bertz CT molecular complexity index is 835. The average molecular weight is 420 g/mol. The van der Waals surface area contributed by atoms with Crippen LogP contribution in [-0.4, -0.2) is 29.7 Å². The number of aryl methyl sites for hydroxylation is 1. The van der Waals surface area contributed by atoms with Gasteiger partial charge in [-0.1, -0.05) is 17.7 Å². The number of ether oxygens (including phenoxy) is 1. The summed E-state index contributed by atoms with van der Waals surface area (Å²) in [6.45, 7) is 4.10. The van der Waals surface area contributed by atoms with Crippen LogP contribution >= 0.6 is 15.9 Å². The standard InChI is InChI=1S/C18H18BrN3O4/c1-3-26-15-9-12(8-14(19)16(15)23)10-20-22-18(25)17(24)21-13-6-4-11(2)5-7-13/h4-10,23H,3H2,1-2H3,(H,21,24)(H,22,25)/b20-10-. The minimum absolute atomic E-state index is 0.0227. The number of phenolic OH excluding ortho intramolecular Hbond substituents is 1. The number of nitrogens with zero attached hydrogens (tertiary/aromatic N) is 1. The van der Waals surface area contributed by atoms with Crippen molar-refractivity contribution in [2.45, 2.75) is 13.8 Å². The van der Waals surface area contributed by atoms with Crippen molar-refractivity contribution in [1.29, 1.82) is 0 Å². The van der Waals surface area contributed by atoms with E-state index in [-0.39, 0.29) is 11.5 Å². The number of amides is 2. The number of rotatable bonds is 5. The SMILES string of the molecule is CCOc1cc(/C=N\NC(=O)C(=O)Nc2ccc(C)cc2)cc(Br)c1O. The zero-order valence-corrected chi connectivity index (χ0v) is 15.8. The quantitative estimate of drug-likeness (QED) is 0.394. The van der Waals surface area contributed by atoms with Crippen LogP contribution in [0, 0.1) is 6.92 Å². The Morgan fingerprint density at radius 1 is 1.23 bits per heavy atom. The van der Waals surface area contributed by atoms with Crippen LogP contribution < -0.4 is 15.5 Å². The van der Waals surface area contributed by atoms with Crippen LogP contribution in [0.15, 0.2) is 46.0 Å². The summed E-state index contributed by atoms with van der Waals surface area (Å²) in [5, 5.41) is 16.1. The molecule has 0 spiro atoms. The van der Waals surface area contributed by atoms with Gasteiger partial charge in [0.25, 0.3) is 0 Å². The molecule has 0 unspecified atom stereocenters. The first-order valence-corrected chi connectivity index (χ1v) is 8.56. The van der Waals surface area contributed by atoms with E-state index in [0.29, 0.717) is 22.3 Å². The molecule has 0 heterocycles. The predicted molar refractivity (Wildman–Crippen MR) is 103 cm³/mol. The highest BCUT2D eigenvalue weighted by Crippen LogP contribution is 2.34. The fourth-order valence-corrected chi connectivity index (χ4v) is 2.43. The number of hydrogen-bond acceptors (Lipinski definition) is 5. The van der Waals surface area contributed by atoms with Crippen molar-refractivity contribution >= 4 is 39.6 Å². The number of benzene rings is 2. The first-order valence-electron chi connectivity index (χ1n) is 7.77. The Balaban J connectivity index is 1.97. The molecule has 0 aliphatic heterocycles. The van der Waals surface area contributed by atoms with Crippen molar-refractivity contribution in [2.75, 3.05) is 11.9 Å². The number of hydrogen-bond donors (Lipinski definition) is 3. The van der Waals surface area contributed by atoms with Crippen molar-refractivity contribution in [3.63, 3.8) is 0 Å². The summed E-state index contributed by atoms with van der Waals surface area (Å²) in [5.41, 5.74) is 4.28. The largest absolute Gasteiger partial charge is 0.503 e. The lowest BCUT2D eigenvalue weighted by atomic mass is 10.2. The highest BCUT2D eigenvalue weighted by atomic mass is 79.9. The molecular formula is C18H18BrN3O4. The molecule has 0 aliphatic carbocycles. The summed E-state index contributed by atoms with van der Waals surface area (Å²) in [6, 6.07) is 10.2. The topological polar surface area (TPSA) is 100 Å². The van der Waals surface area contributed by atoms with Crippen molar-refractivity contribution < 1.29 is 19.4 Å². The molecule has 0 fully saturated rings. The number of aromatic hydroxyl groups is 1. The summed E-state index contributed by atoms with van der Waals surface area (Å²) in [5.74, 6) is -1.46. The molecule has 7 nitrogen and oxygen atoms in total. The lowest BCUT2D eigenvalue weighted by molar-refractivity contribution is -0.136. The first-order chi connectivity index (χ1) is 12.4. The van der Waals surface area contributed by atoms with E-state index in [0.717, 1.165) is 5.56 Å². The van der Waals surface area contributed by atoms with Gasteiger partial charge in [-0.3, -0.25) is 9.59 Å². The molecule has 26 heavy (non-hydrogen) atoms. The van der Waals surface area contributed by atoms with Gasteiger partial charge in [-0.05, 0) is 59.6 Å². The van der Waals surface area contributed by atoms with Crippen LogP contribution in [-0.2, 0) is 9.59 Å². The van der Waals surface area contributed by atoms with Crippen molar-refractivity contribution in [3.05, 3.63) is 52.0 Å². The summed E-state index contributed by atoms with van der Waals surface area (Å²) < 4.78 is 5.73. The molecule has 0 saturated heterocycles. The molecule has 2 amide bonds. The normalized spacial score (nSPS) is 10.6. The fourth-order valence-electron chi connectivity index (χ4n) is 1.97. The summed E-state index contributed by atoms with van der Waals surface area (Å²) in [4.78, 5) is 23.6. The van der Waals surface area contributed by atoms with Crippen LogP contribution in [0.5, 0.6) is 11.5 Å². The molecule has 0 radical (unpaired) electrons. The van der Waals surface area contributed by atoms with Crippen LogP contribution in [0.3, 0.4) is 0 Å². The first kappa shape index (κ1) is 19.5. The Morgan fingerprint density at radius 2 is 1.92 bits per heavy atom. The molecule has 0 saturated carbocycles. The van der Waals surface area contributed by atoms with Gasteiger partial charge < -0.3 is 15.2 Å². The fraction of sp³-hybridized carbons (Fsp3) is 0.167. The highest BCUT2D eigenvalue weighted by molar-refractivity contribution is 9.10. The molecule has 0 bridgehead atoms. The Labute approximate surface area is 159 Å². The number of halogens is 1. The zero-order valence-electron chi connectivity index (χ0n) is 14.2. The number of hydrazone groups is 1. The van der Waals surface area contributed by atoms with Crippen LogP contribution in [0.25, 0.3) is 0 Å². The zero-order chi connectivity index (χ0) is 19.1. The van der Waals surface area contributed by atoms with Gasteiger partial charge in [-0.25, -0.2) is 5.43 Å². The monoisotopic (exact) mass is 419 g/mol. The Kier molecular flexibility index (Phi) is 6.74. The van der Waals surface area contributed by atoms with Gasteiger partial charge in [0.15, 0.2) is 11.5 Å². The van der Waals surface area contributed by atoms with Gasteiger partial charge in [-0.15, -0.1) is 0 Å². The average Bonchev–Trinajstić information content (AvgIpc) is 2.61. The maximum absolute atomic E-state index is 11.8. The summed E-state index contributed by atoms with van der Waals surface area (Å²) >= 11 is 3.21. The Morgan fingerprint density at radius 3 is 2.58 bits per heavy atom. The van der Waals surface area contributed by atoms with E-state index in [4.69, 9.17) is 4.74 Å². The van der Waals surface area contributed by atoms with E-state index in [1.165, 1.54) is 6.21 Å². The van der Waals surface area contributed by atoms with Gasteiger partial charge in [0, 0.05) is 5.69 Å². The number of anilines is 1. The maximum Gasteiger partial charge on any atom is 0.329 e. The van der Waals surface area contributed by atoms with Gasteiger partial charge in [-0.2, -0.15) is 5.10 Å². The van der Waals surface area contributed by atoms with Crippen molar-refractivity contribution in [3.8, 4) is 11.5 Å². The smallest absolute Gasteiger partial charge is 0.329 e. The predicted octanol–water partition coefficient (Wildman–Crippen LogP) is 2.95. The minimum atomic E-state index is -0.898. The van der Waals surface area contributed by atoms with E-state index in [1.54, 1.807) is 31.2 Å². The van der Waals surface area contributed by atoms with E-state index >= 15 is 0 Å². The summed E-state index contributed by atoms with van der Waals surface area (Å²) in [6.07, 6.45) is 1.34. The number of phenols is 1. The molecule has 136 valence electrons. The van der Waals surface area contributed by atoms with Crippen LogP contribution in [0.4, 0.5) is 5.69 Å². The van der Waals surface area contributed by atoms with Crippen LogP contribution in [0.1, 0.15) is 18.1 Å². The van der Waals surface area contributed by atoms with E-state index in [1.807, 2.05) is 19.1 Å². The second-order valence-corrected chi connectivity index (χ2v) is 6.16. The third-order valence-electron chi connectivity index (χ3n) is 3.25. The summed E-state index contributed by atoms with van der Waals surface area (Å²) in [7, 11) is 0. The third-order valence-corrected chi connectivity index (χ3v) is 3.85. The highest BCUT2D eigenvalue weighted by Gasteiger charge is 2.13. The molecular weight excluding hydrogens is 402 g/mol. The lowest BCUT2D eigenvalue weighted by Crippen LogP contribution is -2.32. The van der Waals surface area contributed by atoms with Gasteiger partial charge >= 0.3 is 11.8 Å². The maximum atomic E-state index is 11.8. The number of nitrogens with one attached hydrogen (secondary N) is 2. The molecule has 0 aliphatic rings. The van der Waals surface area contributed by atoms with Crippen LogP contribution in [0.2, 0.25) is 0 Å². The van der Waals surface area contributed by atoms with Gasteiger partial charge in [0.2, 0.25) is 0 Å². The number of carbonyl (C=O) groups excluding carboxylic acids is 2. The number of carbonyl (C=O) groups is 2. The molecule has 8 heteroatoms. The van der Waals surface area contributed by atoms with Gasteiger partial charge in [0.1, 0.15) is 0 Å². The van der Waals surface area contributed by atoms with Crippen molar-refractivity contribution in [2.24, 2.45) is 5.10 Å². The third kappa shape index (κ3) is 5.32. The van der Waals surface area contributed by atoms with Crippen molar-refractivity contribution in [1.82, 2.24) is 5.43 Å². The molecule has 0 aromatic heterocycles. The molecule has 2 rings (SSSR count). The Hall–Kier alpha value is -2.87. The molecule has 3 N–H and O–H groups in total. The minimum Gasteiger partial charge on any atom is -0.503 e. The molecule has 2 aromatic rings.